The number of hydrogen-bond donors (Lipinski definition) is 1. The number of rotatable bonds is 5. The average Bonchev–Trinajstić information content (AvgIpc) is 2.19. The number of carbonyl (C=O) groups is 2. The van der Waals surface area contributed by atoms with Gasteiger partial charge in [-0.25, -0.2) is 18.0 Å². The van der Waals surface area contributed by atoms with Crippen LogP contribution in [0.5, 0.6) is 0 Å². The van der Waals surface area contributed by atoms with Crippen LogP contribution in [0.1, 0.15) is 27.2 Å². The van der Waals surface area contributed by atoms with Crippen LogP contribution in [0.3, 0.4) is 0 Å². The number of methoxy groups -OCH3 is 1. The van der Waals surface area contributed by atoms with Crippen molar-refractivity contribution in [2.24, 2.45) is 0 Å². The lowest BCUT2D eigenvalue weighted by Gasteiger charge is -2.22. The van der Waals surface area contributed by atoms with Crippen LogP contribution in [0.15, 0.2) is 0 Å². The molecule has 0 fully saturated rings. The number of hydrogen-bond acceptors (Lipinski definition) is 6. The normalized spacial score (nSPS) is 13.5. The SMILES string of the molecule is COC(=O)[C@H](CCS(C)(=O)=O)NC(=O)OC(C)(C)C. The number of amides is 1. The second-order valence-electron chi connectivity index (χ2n) is 5.14. The maximum atomic E-state index is 11.5. The molecular formula is C11H21NO6S. The Hall–Kier alpha value is -1.31. The van der Waals surface area contributed by atoms with Crippen molar-refractivity contribution in [1.29, 1.82) is 0 Å². The highest BCUT2D eigenvalue weighted by molar-refractivity contribution is 7.90. The van der Waals surface area contributed by atoms with Crippen LogP contribution in [0, 0.1) is 0 Å². The van der Waals surface area contributed by atoms with E-state index in [9.17, 15) is 18.0 Å². The van der Waals surface area contributed by atoms with Gasteiger partial charge in [-0.05, 0) is 27.2 Å². The highest BCUT2D eigenvalue weighted by Gasteiger charge is 2.25. The van der Waals surface area contributed by atoms with Crippen LogP contribution in [-0.2, 0) is 24.1 Å². The Morgan fingerprint density at radius 2 is 1.79 bits per heavy atom. The zero-order chi connectivity index (χ0) is 15.3. The first kappa shape index (κ1) is 17.7. The smallest absolute Gasteiger partial charge is 0.408 e. The van der Waals surface area contributed by atoms with Crippen molar-refractivity contribution in [1.82, 2.24) is 5.32 Å². The fraction of sp³-hybridized carbons (Fsp3) is 0.818. The molecule has 0 aliphatic heterocycles. The summed E-state index contributed by atoms with van der Waals surface area (Å²) in [5.74, 6) is -0.947. The molecule has 0 bridgehead atoms. The van der Waals surface area contributed by atoms with Gasteiger partial charge in [-0.1, -0.05) is 0 Å². The Bertz CT molecular complexity index is 423. The lowest BCUT2D eigenvalue weighted by atomic mass is 10.2. The molecule has 0 aromatic heterocycles. The predicted octanol–water partition coefficient (Wildman–Crippen LogP) is 0.487. The van der Waals surface area contributed by atoms with Crippen molar-refractivity contribution < 1.29 is 27.5 Å². The van der Waals surface area contributed by atoms with E-state index in [1.165, 1.54) is 0 Å². The van der Waals surface area contributed by atoms with E-state index in [1.807, 2.05) is 0 Å². The van der Waals surface area contributed by atoms with E-state index in [0.29, 0.717) is 0 Å². The molecule has 0 unspecified atom stereocenters. The first-order chi connectivity index (χ1) is 8.44. The third-order valence-electron chi connectivity index (χ3n) is 1.95. The van der Waals surface area contributed by atoms with Gasteiger partial charge in [0.2, 0.25) is 0 Å². The summed E-state index contributed by atoms with van der Waals surface area (Å²) in [7, 11) is -2.07. The third-order valence-corrected chi connectivity index (χ3v) is 2.93. The fourth-order valence-electron chi connectivity index (χ4n) is 1.17. The van der Waals surface area contributed by atoms with E-state index in [-0.39, 0.29) is 12.2 Å². The Kier molecular flexibility index (Phi) is 6.28. The first-order valence-electron chi connectivity index (χ1n) is 5.69. The molecule has 1 N–H and O–H groups in total. The zero-order valence-electron chi connectivity index (χ0n) is 11.8. The fourth-order valence-corrected chi connectivity index (χ4v) is 1.84. The Balaban J connectivity index is 4.61. The highest BCUT2D eigenvalue weighted by Crippen LogP contribution is 2.08. The summed E-state index contributed by atoms with van der Waals surface area (Å²) in [6, 6.07) is -1.05. The molecule has 7 nitrogen and oxygen atoms in total. The summed E-state index contributed by atoms with van der Waals surface area (Å²) < 4.78 is 31.6. The van der Waals surface area contributed by atoms with Crippen LogP contribution in [0.2, 0.25) is 0 Å². The summed E-state index contributed by atoms with van der Waals surface area (Å²) in [6.07, 6.45) is 0.191. The van der Waals surface area contributed by atoms with Gasteiger partial charge in [-0.3, -0.25) is 0 Å². The van der Waals surface area contributed by atoms with Crippen LogP contribution < -0.4 is 5.32 Å². The molecule has 0 aliphatic carbocycles. The second-order valence-corrected chi connectivity index (χ2v) is 7.40. The molecule has 0 saturated heterocycles. The predicted molar refractivity (Wildman–Crippen MR) is 69.5 cm³/mol. The molecule has 1 atom stereocenters. The maximum Gasteiger partial charge on any atom is 0.408 e. The average molecular weight is 295 g/mol. The summed E-state index contributed by atoms with van der Waals surface area (Å²) in [5, 5.41) is 2.30. The van der Waals surface area contributed by atoms with Crippen molar-refractivity contribution in [3.05, 3.63) is 0 Å². The zero-order valence-corrected chi connectivity index (χ0v) is 12.7. The van der Waals surface area contributed by atoms with Gasteiger partial charge in [0.05, 0.1) is 12.9 Å². The Labute approximate surface area is 113 Å². The molecule has 0 rings (SSSR count). The lowest BCUT2D eigenvalue weighted by molar-refractivity contribution is -0.143. The minimum atomic E-state index is -3.23. The largest absolute Gasteiger partial charge is 0.467 e. The molecule has 8 heteroatoms. The third kappa shape index (κ3) is 9.29. The van der Waals surface area contributed by atoms with Gasteiger partial charge in [-0.15, -0.1) is 0 Å². The van der Waals surface area contributed by atoms with Gasteiger partial charge in [0.15, 0.2) is 0 Å². The molecule has 0 spiro atoms. The van der Waals surface area contributed by atoms with Crippen LogP contribution in [-0.4, -0.2) is 51.2 Å². The molecule has 1 amide bonds. The summed E-state index contributed by atoms with van der Waals surface area (Å²) >= 11 is 0. The molecule has 19 heavy (non-hydrogen) atoms. The molecule has 0 heterocycles. The summed E-state index contributed by atoms with van der Waals surface area (Å²) in [5.41, 5.74) is -0.707. The number of esters is 1. The molecule has 0 radical (unpaired) electrons. The monoisotopic (exact) mass is 295 g/mol. The first-order valence-corrected chi connectivity index (χ1v) is 7.76. The molecule has 0 saturated carbocycles. The number of ether oxygens (including phenoxy) is 2. The van der Waals surface area contributed by atoms with E-state index in [2.05, 4.69) is 10.1 Å². The summed E-state index contributed by atoms with van der Waals surface area (Å²) in [4.78, 5) is 23.0. The van der Waals surface area contributed by atoms with Crippen molar-refractivity contribution in [3.8, 4) is 0 Å². The Morgan fingerprint density at radius 1 is 1.26 bits per heavy atom. The Morgan fingerprint density at radius 3 is 2.16 bits per heavy atom. The quantitative estimate of drug-likeness (QED) is 0.741. The standard InChI is InChI=1S/C11H21NO6S/c1-11(2,3)18-10(14)12-8(9(13)17-4)6-7-19(5,15)16/h8H,6-7H2,1-5H3,(H,12,14)/t8-/m0/s1. The minimum Gasteiger partial charge on any atom is -0.467 e. The summed E-state index contributed by atoms with van der Waals surface area (Å²) in [6.45, 7) is 5.03. The van der Waals surface area contributed by atoms with Gasteiger partial charge in [-0.2, -0.15) is 0 Å². The minimum absolute atomic E-state index is 0.0647. The molecule has 0 aliphatic rings. The maximum absolute atomic E-state index is 11.5. The van der Waals surface area contributed by atoms with Crippen molar-refractivity contribution >= 4 is 21.9 Å². The number of sulfone groups is 1. The van der Waals surface area contributed by atoms with Crippen molar-refractivity contribution in [2.75, 3.05) is 19.1 Å². The number of nitrogens with one attached hydrogen (secondary N) is 1. The van der Waals surface area contributed by atoms with Crippen LogP contribution in [0.4, 0.5) is 4.79 Å². The van der Waals surface area contributed by atoms with Crippen LogP contribution >= 0.6 is 0 Å². The van der Waals surface area contributed by atoms with E-state index < -0.39 is 33.5 Å². The van der Waals surface area contributed by atoms with E-state index in [0.717, 1.165) is 13.4 Å². The number of alkyl carbamates (subject to hydrolysis) is 1. The van der Waals surface area contributed by atoms with Gasteiger partial charge < -0.3 is 14.8 Å². The topological polar surface area (TPSA) is 98.8 Å². The number of carbonyl (C=O) groups excluding carboxylic acids is 2. The lowest BCUT2D eigenvalue weighted by Crippen LogP contribution is -2.44. The van der Waals surface area contributed by atoms with Gasteiger partial charge in [0, 0.05) is 6.26 Å². The van der Waals surface area contributed by atoms with Crippen molar-refractivity contribution in [3.63, 3.8) is 0 Å². The van der Waals surface area contributed by atoms with Gasteiger partial charge in [0.25, 0.3) is 0 Å². The van der Waals surface area contributed by atoms with Crippen molar-refractivity contribution in [2.45, 2.75) is 38.8 Å². The van der Waals surface area contributed by atoms with E-state index in [4.69, 9.17) is 4.74 Å². The van der Waals surface area contributed by atoms with Gasteiger partial charge in [0.1, 0.15) is 21.5 Å². The van der Waals surface area contributed by atoms with Gasteiger partial charge >= 0.3 is 12.1 Å². The molecular weight excluding hydrogens is 274 g/mol. The molecule has 0 aromatic carbocycles. The van der Waals surface area contributed by atoms with Crippen LogP contribution in [0.25, 0.3) is 0 Å². The van der Waals surface area contributed by atoms with E-state index in [1.54, 1.807) is 20.8 Å². The second kappa shape index (κ2) is 6.74. The van der Waals surface area contributed by atoms with E-state index >= 15 is 0 Å². The molecule has 112 valence electrons. The molecule has 0 aromatic rings. The highest BCUT2D eigenvalue weighted by atomic mass is 32.2.